The first-order valence-electron chi connectivity index (χ1n) is 8.05. The maximum absolute atomic E-state index is 12.8. The number of hydrogen-bond donors (Lipinski definition) is 1. The molecule has 0 fully saturated rings. The lowest BCUT2D eigenvalue weighted by molar-refractivity contribution is -0.137. The van der Waals surface area contributed by atoms with Crippen LogP contribution >= 0.6 is 0 Å². The van der Waals surface area contributed by atoms with Gasteiger partial charge in [0.15, 0.2) is 5.82 Å². The molecule has 1 N–H and O–H groups in total. The summed E-state index contributed by atoms with van der Waals surface area (Å²) in [7, 11) is 0. The van der Waals surface area contributed by atoms with Crippen molar-refractivity contribution in [3.8, 4) is 5.82 Å². The molecule has 2 heterocycles. The molecule has 1 atom stereocenters. The van der Waals surface area contributed by atoms with Crippen molar-refractivity contribution in [1.82, 2.24) is 20.0 Å². The van der Waals surface area contributed by atoms with Crippen molar-refractivity contribution in [2.45, 2.75) is 33.0 Å². The number of hydrogen-bond acceptors (Lipinski definition) is 4. The normalized spacial score (nSPS) is 12.8. The monoisotopic (exact) mass is 361 g/mol. The van der Waals surface area contributed by atoms with Crippen LogP contribution in [-0.2, 0) is 6.18 Å². The summed E-state index contributed by atoms with van der Waals surface area (Å²) in [5.41, 5.74) is 1.67. The van der Waals surface area contributed by atoms with E-state index in [1.165, 1.54) is 6.07 Å². The number of halogens is 3. The molecule has 0 saturated heterocycles. The molecule has 26 heavy (non-hydrogen) atoms. The Morgan fingerprint density at radius 3 is 2.38 bits per heavy atom. The molecular weight excluding hydrogens is 343 g/mol. The molecule has 3 rings (SSSR count). The maximum Gasteiger partial charge on any atom is 0.416 e. The minimum absolute atomic E-state index is 0.355. The fourth-order valence-corrected chi connectivity index (χ4v) is 2.67. The molecule has 3 aromatic rings. The summed E-state index contributed by atoms with van der Waals surface area (Å²) >= 11 is 0. The highest BCUT2D eigenvalue weighted by Gasteiger charge is 2.30. The standard InChI is InChI=1S/C18H18F3N5/c1-11-9-12(2)26(25-11)17-8-7-16(23-24-17)22-13(3)14-5-4-6-15(10-14)18(19,20)21/h4-10,13H,1-3H3,(H,22,23). The number of nitrogens with one attached hydrogen (secondary N) is 1. The lowest BCUT2D eigenvalue weighted by atomic mass is 10.0. The third-order valence-corrected chi connectivity index (χ3v) is 3.96. The van der Waals surface area contributed by atoms with Crippen LogP contribution in [0.2, 0.25) is 0 Å². The van der Waals surface area contributed by atoms with Crippen LogP contribution in [0.15, 0.2) is 42.5 Å². The quantitative estimate of drug-likeness (QED) is 0.745. The summed E-state index contributed by atoms with van der Waals surface area (Å²) in [6.07, 6.45) is -4.36. The molecule has 2 aromatic heterocycles. The molecule has 0 bridgehead atoms. The topological polar surface area (TPSA) is 55.6 Å². The molecular formula is C18H18F3N5. The summed E-state index contributed by atoms with van der Waals surface area (Å²) in [5, 5.41) is 15.6. The average molecular weight is 361 g/mol. The fourth-order valence-electron chi connectivity index (χ4n) is 2.67. The van der Waals surface area contributed by atoms with E-state index in [1.54, 1.807) is 29.8 Å². The van der Waals surface area contributed by atoms with Crippen molar-refractivity contribution < 1.29 is 13.2 Å². The van der Waals surface area contributed by atoms with Crippen molar-refractivity contribution in [3.05, 3.63) is 65.0 Å². The van der Waals surface area contributed by atoms with E-state index in [2.05, 4.69) is 20.6 Å². The lowest BCUT2D eigenvalue weighted by Crippen LogP contribution is -2.12. The Morgan fingerprint density at radius 2 is 1.81 bits per heavy atom. The van der Waals surface area contributed by atoms with Crippen LogP contribution in [0, 0.1) is 13.8 Å². The second kappa shape index (κ2) is 6.78. The molecule has 1 unspecified atom stereocenters. The second-order valence-electron chi connectivity index (χ2n) is 6.10. The van der Waals surface area contributed by atoms with E-state index in [0.717, 1.165) is 23.5 Å². The highest BCUT2D eigenvalue weighted by atomic mass is 19.4. The predicted octanol–water partition coefficient (Wildman–Crippen LogP) is 4.47. The van der Waals surface area contributed by atoms with Crippen molar-refractivity contribution >= 4 is 5.82 Å². The minimum Gasteiger partial charge on any atom is -0.362 e. The Labute approximate surface area is 148 Å². The fraction of sp³-hybridized carbons (Fsp3) is 0.278. The van der Waals surface area contributed by atoms with Crippen LogP contribution in [0.1, 0.15) is 35.5 Å². The molecule has 0 radical (unpaired) electrons. The molecule has 0 amide bonds. The van der Waals surface area contributed by atoms with E-state index in [1.807, 2.05) is 19.9 Å². The van der Waals surface area contributed by atoms with E-state index < -0.39 is 11.7 Å². The van der Waals surface area contributed by atoms with Gasteiger partial charge in [-0.1, -0.05) is 12.1 Å². The second-order valence-corrected chi connectivity index (χ2v) is 6.10. The Hall–Kier alpha value is -2.90. The highest BCUT2D eigenvalue weighted by molar-refractivity contribution is 5.40. The maximum atomic E-state index is 12.8. The first kappa shape index (κ1) is 17.9. The molecule has 0 aliphatic heterocycles. The third kappa shape index (κ3) is 3.84. The summed E-state index contributed by atoms with van der Waals surface area (Å²) in [6, 6.07) is 10.3. The molecule has 1 aromatic carbocycles. The van der Waals surface area contributed by atoms with E-state index >= 15 is 0 Å². The van der Waals surface area contributed by atoms with Gasteiger partial charge in [0.05, 0.1) is 17.3 Å². The molecule has 5 nitrogen and oxygen atoms in total. The van der Waals surface area contributed by atoms with Gasteiger partial charge in [-0.25, -0.2) is 4.68 Å². The van der Waals surface area contributed by atoms with Gasteiger partial charge in [-0.3, -0.25) is 0 Å². The smallest absolute Gasteiger partial charge is 0.362 e. The Morgan fingerprint density at radius 1 is 1.04 bits per heavy atom. The van der Waals surface area contributed by atoms with E-state index in [0.29, 0.717) is 17.2 Å². The van der Waals surface area contributed by atoms with Gasteiger partial charge in [0.2, 0.25) is 0 Å². The number of nitrogens with zero attached hydrogens (tertiary/aromatic N) is 4. The van der Waals surface area contributed by atoms with Gasteiger partial charge in [-0.2, -0.15) is 18.3 Å². The molecule has 136 valence electrons. The van der Waals surface area contributed by atoms with Crippen molar-refractivity contribution in [3.63, 3.8) is 0 Å². The van der Waals surface area contributed by atoms with Gasteiger partial charge in [0, 0.05) is 5.69 Å². The molecule has 0 spiro atoms. The van der Waals surface area contributed by atoms with E-state index in [9.17, 15) is 13.2 Å². The van der Waals surface area contributed by atoms with Crippen molar-refractivity contribution in [2.75, 3.05) is 5.32 Å². The van der Waals surface area contributed by atoms with E-state index in [4.69, 9.17) is 0 Å². The zero-order valence-corrected chi connectivity index (χ0v) is 14.5. The predicted molar refractivity (Wildman–Crippen MR) is 92.1 cm³/mol. The first-order chi connectivity index (χ1) is 12.2. The van der Waals surface area contributed by atoms with E-state index in [-0.39, 0.29) is 6.04 Å². The number of aromatic nitrogens is 4. The van der Waals surface area contributed by atoms with Crippen LogP contribution in [-0.4, -0.2) is 20.0 Å². The SMILES string of the molecule is Cc1cc(C)n(-c2ccc(NC(C)c3cccc(C(F)(F)F)c3)nn2)n1. The number of alkyl halides is 3. The third-order valence-electron chi connectivity index (χ3n) is 3.96. The molecule has 0 aliphatic rings. The van der Waals surface area contributed by atoms with Gasteiger partial charge < -0.3 is 5.32 Å². The largest absolute Gasteiger partial charge is 0.416 e. The average Bonchev–Trinajstić information content (AvgIpc) is 2.93. The molecule has 0 saturated carbocycles. The molecule has 0 aliphatic carbocycles. The van der Waals surface area contributed by atoms with Crippen LogP contribution in [0.3, 0.4) is 0 Å². The van der Waals surface area contributed by atoms with Crippen LogP contribution in [0.25, 0.3) is 5.82 Å². The number of rotatable bonds is 4. The van der Waals surface area contributed by atoms with Gasteiger partial charge in [-0.05, 0) is 56.7 Å². The first-order valence-corrected chi connectivity index (χ1v) is 8.05. The number of anilines is 1. The minimum atomic E-state index is -4.36. The molecule has 8 heteroatoms. The summed E-state index contributed by atoms with van der Waals surface area (Å²) in [5.74, 6) is 1.05. The number of benzene rings is 1. The van der Waals surface area contributed by atoms with Gasteiger partial charge in [-0.15, -0.1) is 10.2 Å². The Bertz CT molecular complexity index is 900. The van der Waals surface area contributed by atoms with Crippen molar-refractivity contribution in [2.24, 2.45) is 0 Å². The lowest BCUT2D eigenvalue weighted by Gasteiger charge is -2.16. The van der Waals surface area contributed by atoms with Crippen molar-refractivity contribution in [1.29, 1.82) is 0 Å². The van der Waals surface area contributed by atoms with Gasteiger partial charge in [0.1, 0.15) is 5.82 Å². The Kier molecular flexibility index (Phi) is 4.67. The van der Waals surface area contributed by atoms with Crippen LogP contribution in [0.5, 0.6) is 0 Å². The zero-order chi connectivity index (χ0) is 18.9. The zero-order valence-electron chi connectivity index (χ0n) is 14.5. The van der Waals surface area contributed by atoms with Crippen LogP contribution < -0.4 is 5.32 Å². The highest BCUT2D eigenvalue weighted by Crippen LogP contribution is 2.31. The summed E-state index contributed by atoms with van der Waals surface area (Å²) < 4.78 is 40.2. The summed E-state index contributed by atoms with van der Waals surface area (Å²) in [6.45, 7) is 5.58. The Balaban J connectivity index is 1.76. The van der Waals surface area contributed by atoms with Gasteiger partial charge in [0.25, 0.3) is 0 Å². The van der Waals surface area contributed by atoms with Gasteiger partial charge >= 0.3 is 6.18 Å². The number of aryl methyl sites for hydroxylation is 2. The van der Waals surface area contributed by atoms with Crippen LogP contribution in [0.4, 0.5) is 19.0 Å². The summed E-state index contributed by atoms with van der Waals surface area (Å²) in [4.78, 5) is 0.